The molecule has 4 N–H and O–H groups in total. The average Bonchev–Trinajstić information content (AvgIpc) is 2.35. The molecular weight excluding hydrogens is 233 g/mol. The number of benzene rings is 1. The predicted octanol–water partition coefficient (Wildman–Crippen LogP) is 1.65. The maximum atomic E-state index is 12.9. The number of nitrogens with zero attached hydrogens (tertiary/aromatic N) is 1. The van der Waals surface area contributed by atoms with E-state index in [2.05, 4.69) is 10.5 Å². The molecule has 0 spiro atoms. The lowest BCUT2D eigenvalue weighted by Gasteiger charge is -2.11. The second-order valence-corrected chi connectivity index (χ2v) is 4.45. The number of aryl methyl sites for hydroxylation is 1. The smallest absolute Gasteiger partial charge is 0.143 e. The quantitative estimate of drug-likeness (QED) is 0.237. The molecule has 18 heavy (non-hydrogen) atoms. The molecule has 1 aromatic carbocycles. The zero-order valence-corrected chi connectivity index (χ0v) is 10.8. The maximum Gasteiger partial charge on any atom is 0.143 e. The Kier molecular flexibility index (Phi) is 5.58. The first-order valence-corrected chi connectivity index (χ1v) is 5.97. The van der Waals surface area contributed by atoms with Gasteiger partial charge in [0.15, 0.2) is 0 Å². The van der Waals surface area contributed by atoms with Crippen LogP contribution in [0.25, 0.3) is 0 Å². The van der Waals surface area contributed by atoms with Crippen molar-refractivity contribution in [3.63, 3.8) is 0 Å². The third kappa shape index (κ3) is 4.33. The van der Waals surface area contributed by atoms with Crippen LogP contribution in [0.3, 0.4) is 0 Å². The minimum atomic E-state index is -0.204. The van der Waals surface area contributed by atoms with Crippen LogP contribution in [0.15, 0.2) is 23.4 Å². The van der Waals surface area contributed by atoms with Crippen molar-refractivity contribution in [3.8, 4) is 0 Å². The van der Waals surface area contributed by atoms with Crippen LogP contribution in [0.2, 0.25) is 0 Å². The van der Waals surface area contributed by atoms with Gasteiger partial charge in [-0.1, -0.05) is 18.1 Å². The molecule has 1 atom stereocenters. The van der Waals surface area contributed by atoms with Crippen molar-refractivity contribution in [2.75, 3.05) is 13.1 Å². The Morgan fingerprint density at radius 1 is 1.56 bits per heavy atom. The molecule has 0 saturated carbocycles. The van der Waals surface area contributed by atoms with E-state index in [1.807, 2.05) is 13.8 Å². The molecule has 1 aromatic rings. The van der Waals surface area contributed by atoms with Gasteiger partial charge < -0.3 is 16.3 Å². The molecule has 0 aliphatic carbocycles. The number of halogens is 1. The molecule has 100 valence electrons. The van der Waals surface area contributed by atoms with Gasteiger partial charge in [0.25, 0.3) is 0 Å². The number of nitrogens with one attached hydrogen (secondary N) is 1. The summed E-state index contributed by atoms with van der Waals surface area (Å²) in [6.45, 7) is 5.20. The lowest BCUT2D eigenvalue weighted by atomic mass is 10.1. The van der Waals surface area contributed by atoms with Crippen LogP contribution in [-0.4, -0.2) is 24.1 Å². The van der Waals surface area contributed by atoms with Crippen LogP contribution >= 0.6 is 0 Å². The lowest BCUT2D eigenvalue weighted by molar-refractivity contribution is 0.314. The number of hydrogen-bond acceptors (Lipinski definition) is 3. The highest BCUT2D eigenvalue weighted by atomic mass is 19.1. The monoisotopic (exact) mass is 253 g/mol. The summed E-state index contributed by atoms with van der Waals surface area (Å²) >= 11 is 0. The van der Waals surface area contributed by atoms with E-state index in [0.29, 0.717) is 6.54 Å². The molecule has 0 bridgehead atoms. The first-order valence-electron chi connectivity index (χ1n) is 5.97. The highest BCUT2D eigenvalue weighted by molar-refractivity contribution is 5.82. The molecule has 1 rings (SSSR count). The molecule has 0 saturated heterocycles. The lowest BCUT2D eigenvalue weighted by Crippen LogP contribution is -2.32. The number of nitrogens with two attached hydrogens (primary N) is 1. The number of hydrogen-bond donors (Lipinski definition) is 3. The van der Waals surface area contributed by atoms with Crippen molar-refractivity contribution in [1.82, 2.24) is 5.32 Å². The van der Waals surface area contributed by atoms with Gasteiger partial charge >= 0.3 is 0 Å². The fourth-order valence-corrected chi connectivity index (χ4v) is 1.68. The molecule has 0 amide bonds. The summed E-state index contributed by atoms with van der Waals surface area (Å²) in [6.07, 6.45) is 0.828. The zero-order valence-electron chi connectivity index (χ0n) is 10.8. The van der Waals surface area contributed by atoms with Crippen LogP contribution < -0.4 is 11.1 Å². The van der Waals surface area contributed by atoms with E-state index in [0.717, 1.165) is 24.1 Å². The SMILES string of the molecule is Cc1cc(F)ccc1CCNCC(C)C(N)=NO. The van der Waals surface area contributed by atoms with E-state index in [1.165, 1.54) is 12.1 Å². The molecule has 0 radical (unpaired) electrons. The number of rotatable bonds is 6. The van der Waals surface area contributed by atoms with Crippen LogP contribution in [0, 0.1) is 18.7 Å². The second kappa shape index (κ2) is 6.96. The highest BCUT2D eigenvalue weighted by Gasteiger charge is 2.06. The largest absolute Gasteiger partial charge is 0.409 e. The summed E-state index contributed by atoms with van der Waals surface area (Å²) in [5.41, 5.74) is 7.55. The van der Waals surface area contributed by atoms with Gasteiger partial charge in [-0.05, 0) is 43.1 Å². The first-order chi connectivity index (χ1) is 8.54. The van der Waals surface area contributed by atoms with Crippen LogP contribution in [0.1, 0.15) is 18.1 Å². The minimum absolute atomic E-state index is 0.00989. The third-order valence-corrected chi connectivity index (χ3v) is 2.95. The van der Waals surface area contributed by atoms with Crippen molar-refractivity contribution in [2.24, 2.45) is 16.8 Å². The summed E-state index contributed by atoms with van der Waals surface area (Å²) in [5, 5.41) is 14.7. The molecule has 5 heteroatoms. The first kappa shape index (κ1) is 14.4. The molecule has 0 aliphatic rings. The summed E-state index contributed by atoms with van der Waals surface area (Å²) < 4.78 is 12.9. The summed E-state index contributed by atoms with van der Waals surface area (Å²) in [7, 11) is 0. The van der Waals surface area contributed by atoms with Crippen LogP contribution in [0.5, 0.6) is 0 Å². The van der Waals surface area contributed by atoms with Gasteiger partial charge in [-0.3, -0.25) is 0 Å². The van der Waals surface area contributed by atoms with Gasteiger partial charge in [0.1, 0.15) is 11.7 Å². The number of oxime groups is 1. The maximum absolute atomic E-state index is 12.9. The topological polar surface area (TPSA) is 70.6 Å². The van der Waals surface area contributed by atoms with Gasteiger partial charge in [0, 0.05) is 12.5 Å². The van der Waals surface area contributed by atoms with Crippen LogP contribution in [0.4, 0.5) is 4.39 Å². The molecule has 0 aliphatic heterocycles. The Balaban J connectivity index is 2.34. The average molecular weight is 253 g/mol. The highest BCUT2D eigenvalue weighted by Crippen LogP contribution is 2.10. The predicted molar refractivity (Wildman–Crippen MR) is 70.3 cm³/mol. The van der Waals surface area contributed by atoms with Crippen molar-refractivity contribution >= 4 is 5.84 Å². The Morgan fingerprint density at radius 3 is 2.89 bits per heavy atom. The Bertz CT molecular complexity index is 421. The van der Waals surface area contributed by atoms with Crippen LogP contribution in [-0.2, 0) is 6.42 Å². The standard InChI is InChI=1S/C13H20FN3O/c1-9-7-12(14)4-3-11(9)5-6-16-8-10(2)13(15)17-18/h3-4,7,10,16,18H,5-6,8H2,1-2H3,(H2,15,17). The summed E-state index contributed by atoms with van der Waals surface area (Å²) in [4.78, 5) is 0. The van der Waals surface area contributed by atoms with Crippen molar-refractivity contribution in [2.45, 2.75) is 20.3 Å². The third-order valence-electron chi connectivity index (χ3n) is 2.95. The van der Waals surface area contributed by atoms with Gasteiger partial charge in [0.05, 0.1) is 0 Å². The van der Waals surface area contributed by atoms with E-state index < -0.39 is 0 Å². The van der Waals surface area contributed by atoms with E-state index in [4.69, 9.17) is 10.9 Å². The van der Waals surface area contributed by atoms with E-state index in [9.17, 15) is 4.39 Å². The van der Waals surface area contributed by atoms with Crippen molar-refractivity contribution in [1.29, 1.82) is 0 Å². The van der Waals surface area contributed by atoms with Crippen molar-refractivity contribution < 1.29 is 9.60 Å². The van der Waals surface area contributed by atoms with E-state index in [-0.39, 0.29) is 17.6 Å². The molecule has 1 unspecified atom stereocenters. The van der Waals surface area contributed by atoms with E-state index in [1.54, 1.807) is 6.07 Å². The molecule has 0 fully saturated rings. The fourth-order valence-electron chi connectivity index (χ4n) is 1.68. The normalized spacial score (nSPS) is 13.6. The van der Waals surface area contributed by atoms with E-state index >= 15 is 0 Å². The second-order valence-electron chi connectivity index (χ2n) is 4.45. The summed E-state index contributed by atoms with van der Waals surface area (Å²) in [5.74, 6) is 0.00883. The molecule has 0 aromatic heterocycles. The minimum Gasteiger partial charge on any atom is -0.409 e. The molecule has 4 nitrogen and oxygen atoms in total. The zero-order chi connectivity index (χ0) is 13.5. The molecular formula is C13H20FN3O. The van der Waals surface area contributed by atoms with Gasteiger partial charge in [0.2, 0.25) is 0 Å². The Labute approximate surface area is 107 Å². The van der Waals surface area contributed by atoms with Gasteiger partial charge in [-0.15, -0.1) is 0 Å². The van der Waals surface area contributed by atoms with Gasteiger partial charge in [-0.25, -0.2) is 4.39 Å². The fraction of sp³-hybridized carbons (Fsp3) is 0.462. The Morgan fingerprint density at radius 2 is 2.28 bits per heavy atom. The summed E-state index contributed by atoms with van der Waals surface area (Å²) in [6, 6.07) is 4.81. The number of amidine groups is 1. The van der Waals surface area contributed by atoms with Crippen molar-refractivity contribution in [3.05, 3.63) is 35.1 Å². The Hall–Kier alpha value is -1.62. The van der Waals surface area contributed by atoms with Gasteiger partial charge in [-0.2, -0.15) is 0 Å². The molecule has 0 heterocycles.